The van der Waals surface area contributed by atoms with Crippen LogP contribution in [-0.2, 0) is 9.47 Å². The molecule has 1 N–H and O–H groups in total. The van der Waals surface area contributed by atoms with Crippen LogP contribution < -0.4 is 5.32 Å². The maximum absolute atomic E-state index is 5.42. The molecule has 2 atom stereocenters. The maximum Gasteiger partial charge on any atom is 0.0620 e. The first-order chi connectivity index (χ1) is 7.24. The molecule has 1 aliphatic rings. The maximum atomic E-state index is 5.42. The molecule has 1 rings (SSSR count). The van der Waals surface area contributed by atoms with Gasteiger partial charge in [-0.25, -0.2) is 0 Å². The highest BCUT2D eigenvalue weighted by molar-refractivity contribution is 4.72. The van der Waals surface area contributed by atoms with Crippen LogP contribution in [0.3, 0.4) is 0 Å². The highest BCUT2D eigenvalue weighted by atomic mass is 16.5. The van der Waals surface area contributed by atoms with Crippen LogP contribution in [0.25, 0.3) is 0 Å². The number of morpholine rings is 1. The molecule has 0 amide bonds. The Morgan fingerprint density at radius 3 is 3.00 bits per heavy atom. The summed E-state index contributed by atoms with van der Waals surface area (Å²) >= 11 is 0. The second kappa shape index (κ2) is 7.17. The lowest BCUT2D eigenvalue weighted by Gasteiger charge is -2.28. The Hall–Kier alpha value is -0.160. The van der Waals surface area contributed by atoms with E-state index >= 15 is 0 Å². The van der Waals surface area contributed by atoms with Crippen molar-refractivity contribution in [3.05, 3.63) is 0 Å². The van der Waals surface area contributed by atoms with Crippen molar-refractivity contribution in [3.63, 3.8) is 0 Å². The molecule has 0 radical (unpaired) electrons. The first-order valence-electron chi connectivity index (χ1n) is 5.74. The van der Waals surface area contributed by atoms with Crippen molar-refractivity contribution in [3.8, 4) is 0 Å². The molecule has 1 saturated heterocycles. The van der Waals surface area contributed by atoms with Crippen LogP contribution in [0.1, 0.15) is 13.3 Å². The van der Waals surface area contributed by atoms with Crippen molar-refractivity contribution in [1.82, 2.24) is 10.2 Å². The van der Waals surface area contributed by atoms with Gasteiger partial charge in [-0.2, -0.15) is 0 Å². The van der Waals surface area contributed by atoms with Crippen LogP contribution in [0.2, 0.25) is 0 Å². The van der Waals surface area contributed by atoms with Crippen LogP contribution in [-0.4, -0.2) is 64.1 Å². The SMILES string of the molecule is COCC(C)N(C)CCC1COCCN1. The quantitative estimate of drug-likeness (QED) is 0.694. The third-order valence-electron chi connectivity index (χ3n) is 2.99. The van der Waals surface area contributed by atoms with Gasteiger partial charge in [0.1, 0.15) is 0 Å². The van der Waals surface area contributed by atoms with Gasteiger partial charge in [0.2, 0.25) is 0 Å². The lowest BCUT2D eigenvalue weighted by Crippen LogP contribution is -2.44. The van der Waals surface area contributed by atoms with Gasteiger partial charge < -0.3 is 19.7 Å². The molecule has 4 heteroatoms. The molecule has 0 bridgehead atoms. The van der Waals surface area contributed by atoms with Crippen LogP contribution >= 0.6 is 0 Å². The number of likely N-dealkylation sites (N-methyl/N-ethyl adjacent to an activating group) is 1. The normalized spacial score (nSPS) is 24.4. The highest BCUT2D eigenvalue weighted by Crippen LogP contribution is 2.02. The summed E-state index contributed by atoms with van der Waals surface area (Å²) < 4.78 is 10.6. The number of methoxy groups -OCH3 is 1. The predicted molar refractivity (Wildman–Crippen MR) is 61.2 cm³/mol. The Kier molecular flexibility index (Phi) is 6.17. The van der Waals surface area contributed by atoms with Crippen molar-refractivity contribution in [2.75, 3.05) is 47.1 Å². The lowest BCUT2D eigenvalue weighted by atomic mass is 10.2. The minimum atomic E-state index is 0.486. The molecule has 0 aromatic rings. The van der Waals surface area contributed by atoms with Crippen molar-refractivity contribution in [2.45, 2.75) is 25.4 Å². The Morgan fingerprint density at radius 1 is 1.60 bits per heavy atom. The highest BCUT2D eigenvalue weighted by Gasteiger charge is 2.15. The summed E-state index contributed by atoms with van der Waals surface area (Å²) in [6.07, 6.45) is 1.14. The van der Waals surface area contributed by atoms with E-state index in [2.05, 4.69) is 24.2 Å². The van der Waals surface area contributed by atoms with E-state index in [-0.39, 0.29) is 0 Å². The number of nitrogens with one attached hydrogen (secondary N) is 1. The molecular weight excluding hydrogens is 192 g/mol. The van der Waals surface area contributed by atoms with Crippen molar-refractivity contribution in [1.29, 1.82) is 0 Å². The fraction of sp³-hybridized carbons (Fsp3) is 1.00. The summed E-state index contributed by atoms with van der Waals surface area (Å²) in [5, 5.41) is 3.46. The van der Waals surface area contributed by atoms with Crippen LogP contribution in [0, 0.1) is 0 Å². The molecule has 0 aliphatic carbocycles. The standard InChI is InChI=1S/C11H24N2O2/c1-10(8-14-3)13(2)6-4-11-9-15-7-5-12-11/h10-12H,4-9H2,1-3H3. The van der Waals surface area contributed by atoms with Gasteiger partial charge in [-0.15, -0.1) is 0 Å². The Morgan fingerprint density at radius 2 is 2.40 bits per heavy atom. The Labute approximate surface area is 92.9 Å². The molecule has 1 aliphatic heterocycles. The second-order valence-electron chi connectivity index (χ2n) is 4.30. The third-order valence-corrected chi connectivity index (χ3v) is 2.99. The van der Waals surface area contributed by atoms with E-state index in [9.17, 15) is 0 Å². The molecule has 0 aromatic heterocycles. The van der Waals surface area contributed by atoms with Crippen molar-refractivity contribution >= 4 is 0 Å². The van der Waals surface area contributed by atoms with E-state index in [1.54, 1.807) is 7.11 Å². The van der Waals surface area contributed by atoms with Crippen LogP contribution in [0.15, 0.2) is 0 Å². The fourth-order valence-corrected chi connectivity index (χ4v) is 1.75. The molecule has 1 heterocycles. The third kappa shape index (κ3) is 4.93. The van der Waals surface area contributed by atoms with E-state index in [0.717, 1.165) is 39.3 Å². The molecule has 0 saturated carbocycles. The van der Waals surface area contributed by atoms with Gasteiger partial charge >= 0.3 is 0 Å². The largest absolute Gasteiger partial charge is 0.383 e. The van der Waals surface area contributed by atoms with E-state index < -0.39 is 0 Å². The molecule has 0 spiro atoms. The zero-order chi connectivity index (χ0) is 11.1. The monoisotopic (exact) mass is 216 g/mol. The number of hydrogen-bond acceptors (Lipinski definition) is 4. The summed E-state index contributed by atoms with van der Waals surface area (Å²) in [5.74, 6) is 0. The number of nitrogens with zero attached hydrogens (tertiary/aromatic N) is 1. The summed E-state index contributed by atoms with van der Waals surface area (Å²) in [4.78, 5) is 2.33. The minimum Gasteiger partial charge on any atom is -0.383 e. The van der Waals surface area contributed by atoms with Gasteiger partial charge in [0.15, 0.2) is 0 Å². The molecule has 15 heavy (non-hydrogen) atoms. The first kappa shape index (κ1) is 12.9. The van der Waals surface area contributed by atoms with Gasteiger partial charge in [-0.3, -0.25) is 0 Å². The number of ether oxygens (including phenoxy) is 2. The van der Waals surface area contributed by atoms with E-state index in [1.165, 1.54) is 0 Å². The van der Waals surface area contributed by atoms with Gasteiger partial charge in [0, 0.05) is 25.7 Å². The molecule has 90 valence electrons. The van der Waals surface area contributed by atoms with E-state index in [0.29, 0.717) is 12.1 Å². The fourth-order valence-electron chi connectivity index (χ4n) is 1.75. The van der Waals surface area contributed by atoms with E-state index in [4.69, 9.17) is 9.47 Å². The first-order valence-corrected chi connectivity index (χ1v) is 5.74. The van der Waals surface area contributed by atoms with E-state index in [1.807, 2.05) is 0 Å². The molecule has 2 unspecified atom stereocenters. The lowest BCUT2D eigenvalue weighted by molar-refractivity contribution is 0.0649. The Balaban J connectivity index is 2.11. The summed E-state index contributed by atoms with van der Waals surface area (Å²) in [7, 11) is 3.90. The Bertz CT molecular complexity index is 161. The van der Waals surface area contributed by atoms with Gasteiger partial charge in [-0.1, -0.05) is 0 Å². The smallest absolute Gasteiger partial charge is 0.0620 e. The van der Waals surface area contributed by atoms with Crippen LogP contribution in [0.4, 0.5) is 0 Å². The zero-order valence-electron chi connectivity index (χ0n) is 10.2. The number of rotatable bonds is 6. The zero-order valence-corrected chi connectivity index (χ0v) is 10.2. The summed E-state index contributed by atoms with van der Waals surface area (Å²) in [5.41, 5.74) is 0. The van der Waals surface area contributed by atoms with Crippen molar-refractivity contribution in [2.24, 2.45) is 0 Å². The molecule has 4 nitrogen and oxygen atoms in total. The molecule has 0 aromatic carbocycles. The van der Waals surface area contributed by atoms with Gasteiger partial charge in [-0.05, 0) is 26.9 Å². The molecular formula is C11H24N2O2. The van der Waals surface area contributed by atoms with Gasteiger partial charge in [0.25, 0.3) is 0 Å². The molecule has 1 fully saturated rings. The second-order valence-corrected chi connectivity index (χ2v) is 4.30. The van der Waals surface area contributed by atoms with Crippen LogP contribution in [0.5, 0.6) is 0 Å². The summed E-state index contributed by atoms with van der Waals surface area (Å²) in [6.45, 7) is 6.77. The minimum absolute atomic E-state index is 0.486. The average molecular weight is 216 g/mol. The average Bonchev–Trinajstić information content (AvgIpc) is 2.27. The van der Waals surface area contributed by atoms with Crippen molar-refractivity contribution < 1.29 is 9.47 Å². The topological polar surface area (TPSA) is 33.7 Å². The summed E-state index contributed by atoms with van der Waals surface area (Å²) in [6, 6.07) is 1.01. The number of hydrogen-bond donors (Lipinski definition) is 1. The van der Waals surface area contributed by atoms with Gasteiger partial charge in [0.05, 0.1) is 19.8 Å². The predicted octanol–water partition coefficient (Wildman–Crippen LogP) is 0.332.